The Morgan fingerprint density at radius 1 is 1.16 bits per heavy atom. The van der Waals surface area contributed by atoms with E-state index in [-0.39, 0.29) is 11.5 Å². The van der Waals surface area contributed by atoms with Gasteiger partial charge >= 0.3 is 5.97 Å². The smallest absolute Gasteiger partial charge is 0.338 e. The monoisotopic (exact) mass is 454 g/mol. The molecule has 9 heteroatoms. The fraction of sp³-hybridized carbons (Fsp3) is 0.304. The van der Waals surface area contributed by atoms with Gasteiger partial charge in [0.2, 0.25) is 10.0 Å². The third kappa shape index (κ3) is 3.67. The van der Waals surface area contributed by atoms with E-state index in [0.717, 1.165) is 32.0 Å². The Morgan fingerprint density at radius 2 is 1.91 bits per heavy atom. The molecule has 168 valence electrons. The lowest BCUT2D eigenvalue weighted by molar-refractivity contribution is 0.0459. The number of hydrogen-bond acceptors (Lipinski definition) is 5. The van der Waals surface area contributed by atoms with Gasteiger partial charge in [0.25, 0.3) is 0 Å². The first-order chi connectivity index (χ1) is 15.1. The Bertz CT molecular complexity index is 1450. The molecular formula is C23H26N4O4S. The molecule has 0 aliphatic heterocycles. The van der Waals surface area contributed by atoms with Gasteiger partial charge in [0.1, 0.15) is 12.4 Å². The van der Waals surface area contributed by atoms with E-state index in [1.807, 2.05) is 37.5 Å². The number of aryl methyl sites for hydroxylation is 3. The molecular weight excluding hydrogens is 428 g/mol. The number of imidazole rings is 1. The highest BCUT2D eigenvalue weighted by atomic mass is 32.2. The van der Waals surface area contributed by atoms with Crippen LogP contribution in [-0.2, 0) is 27.9 Å². The molecule has 0 aliphatic carbocycles. The summed E-state index contributed by atoms with van der Waals surface area (Å²) >= 11 is 0. The highest BCUT2D eigenvalue weighted by molar-refractivity contribution is 7.89. The molecule has 8 nitrogen and oxygen atoms in total. The molecule has 2 aromatic heterocycles. The largest absolute Gasteiger partial charge is 0.454 e. The predicted octanol–water partition coefficient (Wildman–Crippen LogP) is 3.76. The van der Waals surface area contributed by atoms with Gasteiger partial charge in [0, 0.05) is 37.2 Å². The van der Waals surface area contributed by atoms with Crippen molar-refractivity contribution in [3.8, 4) is 0 Å². The molecule has 0 saturated carbocycles. The molecule has 0 spiro atoms. The normalized spacial score (nSPS) is 12.2. The molecule has 4 aromatic rings. The summed E-state index contributed by atoms with van der Waals surface area (Å²) < 4.78 is 33.5. The second kappa shape index (κ2) is 8.07. The van der Waals surface area contributed by atoms with Gasteiger partial charge in [0.05, 0.1) is 21.5 Å². The Hall–Kier alpha value is -3.17. The Morgan fingerprint density at radius 3 is 2.59 bits per heavy atom. The summed E-state index contributed by atoms with van der Waals surface area (Å²) in [5.41, 5.74) is 4.95. The van der Waals surface area contributed by atoms with Crippen molar-refractivity contribution < 1.29 is 17.9 Å². The first-order valence-corrected chi connectivity index (χ1v) is 11.7. The average Bonchev–Trinajstić information content (AvgIpc) is 3.27. The number of ether oxygens (including phenoxy) is 1. The quantitative estimate of drug-likeness (QED) is 0.448. The lowest BCUT2D eigenvalue weighted by Gasteiger charge is -2.11. The van der Waals surface area contributed by atoms with E-state index >= 15 is 0 Å². The number of nitrogens with zero attached hydrogens (tertiary/aromatic N) is 3. The van der Waals surface area contributed by atoms with E-state index < -0.39 is 16.0 Å². The van der Waals surface area contributed by atoms with E-state index in [1.54, 1.807) is 24.3 Å². The molecule has 0 fully saturated rings. The summed E-state index contributed by atoms with van der Waals surface area (Å²) in [4.78, 5) is 20.7. The minimum absolute atomic E-state index is 0.0136. The van der Waals surface area contributed by atoms with Crippen molar-refractivity contribution in [3.05, 3.63) is 59.0 Å². The van der Waals surface area contributed by atoms with Gasteiger partial charge in [-0.15, -0.1) is 0 Å². The van der Waals surface area contributed by atoms with E-state index in [0.29, 0.717) is 23.4 Å². The fourth-order valence-corrected chi connectivity index (χ4v) is 4.72. The summed E-state index contributed by atoms with van der Waals surface area (Å²) in [7, 11) is -0.587. The van der Waals surface area contributed by atoms with Crippen molar-refractivity contribution >= 4 is 37.9 Å². The topological polar surface area (TPSA) is 97.3 Å². The van der Waals surface area contributed by atoms with Gasteiger partial charge < -0.3 is 14.3 Å². The minimum Gasteiger partial charge on any atom is -0.454 e. The van der Waals surface area contributed by atoms with Crippen LogP contribution in [0.2, 0.25) is 0 Å². The summed E-state index contributed by atoms with van der Waals surface area (Å²) in [5.74, 6) is 0.126. The molecule has 1 N–H and O–H groups in total. The van der Waals surface area contributed by atoms with Crippen molar-refractivity contribution in [2.75, 3.05) is 14.1 Å². The number of nitrogens with one attached hydrogen (secondary N) is 1. The average molecular weight is 455 g/mol. The molecule has 2 aromatic carbocycles. The maximum Gasteiger partial charge on any atom is 0.338 e. The number of rotatable bonds is 6. The van der Waals surface area contributed by atoms with Crippen LogP contribution in [0, 0.1) is 13.8 Å². The number of sulfonamides is 1. The predicted molar refractivity (Wildman–Crippen MR) is 123 cm³/mol. The minimum atomic E-state index is -3.56. The molecule has 0 atom stereocenters. The summed E-state index contributed by atoms with van der Waals surface area (Å²) in [6.07, 6.45) is 0. The molecule has 0 amide bonds. The van der Waals surface area contributed by atoms with Crippen molar-refractivity contribution in [1.82, 2.24) is 18.8 Å². The molecule has 0 bridgehead atoms. The van der Waals surface area contributed by atoms with Crippen LogP contribution in [0.3, 0.4) is 0 Å². The number of benzene rings is 2. The number of aromatic nitrogens is 3. The van der Waals surface area contributed by atoms with Gasteiger partial charge in [-0.3, -0.25) is 0 Å². The zero-order valence-electron chi connectivity index (χ0n) is 18.8. The van der Waals surface area contributed by atoms with Gasteiger partial charge in [-0.1, -0.05) is 0 Å². The van der Waals surface area contributed by atoms with Crippen LogP contribution in [0.1, 0.15) is 34.4 Å². The van der Waals surface area contributed by atoms with Crippen LogP contribution < -0.4 is 0 Å². The second-order valence-corrected chi connectivity index (χ2v) is 10.1. The summed E-state index contributed by atoms with van der Waals surface area (Å²) in [6, 6.07) is 10.3. The molecule has 4 rings (SSSR count). The molecule has 32 heavy (non-hydrogen) atoms. The van der Waals surface area contributed by atoms with E-state index in [4.69, 9.17) is 4.74 Å². The molecule has 2 heterocycles. The zero-order valence-corrected chi connectivity index (χ0v) is 19.6. The van der Waals surface area contributed by atoms with Crippen molar-refractivity contribution in [3.63, 3.8) is 0 Å². The van der Waals surface area contributed by atoms with Crippen molar-refractivity contribution in [1.29, 1.82) is 0 Å². The molecule has 0 unspecified atom stereocenters. The molecule has 0 saturated heterocycles. The number of esters is 1. The first-order valence-electron chi connectivity index (χ1n) is 10.3. The van der Waals surface area contributed by atoms with Crippen LogP contribution in [0.15, 0.2) is 41.3 Å². The fourth-order valence-electron chi connectivity index (χ4n) is 3.80. The number of fused-ring (bicyclic) bond motifs is 2. The number of hydrogen-bond donors (Lipinski definition) is 1. The van der Waals surface area contributed by atoms with Crippen LogP contribution >= 0.6 is 0 Å². The van der Waals surface area contributed by atoms with E-state index in [2.05, 4.69) is 9.97 Å². The van der Waals surface area contributed by atoms with Gasteiger partial charge in [-0.05, 0) is 62.7 Å². The van der Waals surface area contributed by atoms with Crippen LogP contribution in [-0.4, -0.2) is 47.3 Å². The highest BCUT2D eigenvalue weighted by Crippen LogP contribution is 2.24. The maximum absolute atomic E-state index is 12.7. The second-order valence-electron chi connectivity index (χ2n) is 7.92. The zero-order chi connectivity index (χ0) is 23.2. The molecule has 0 aliphatic rings. The lowest BCUT2D eigenvalue weighted by Crippen LogP contribution is -2.22. The molecule has 0 radical (unpaired) electrons. The van der Waals surface area contributed by atoms with Crippen molar-refractivity contribution in [2.45, 2.75) is 38.8 Å². The number of carbonyl (C=O) groups is 1. The van der Waals surface area contributed by atoms with Crippen molar-refractivity contribution in [2.24, 2.45) is 0 Å². The highest BCUT2D eigenvalue weighted by Gasteiger charge is 2.20. The SMILES string of the molecule is CCn1c(COC(=O)c2ccc3[nH]c(C)c(C)c3c2)nc2cc(S(=O)(=O)N(C)C)ccc21. The Kier molecular flexibility index (Phi) is 5.56. The Balaban J connectivity index is 1.61. The van der Waals surface area contributed by atoms with Gasteiger partial charge in [-0.25, -0.2) is 22.5 Å². The van der Waals surface area contributed by atoms with Crippen LogP contribution in [0.4, 0.5) is 0 Å². The lowest BCUT2D eigenvalue weighted by atomic mass is 10.1. The third-order valence-electron chi connectivity index (χ3n) is 5.77. The third-order valence-corrected chi connectivity index (χ3v) is 7.58. The van der Waals surface area contributed by atoms with Crippen LogP contribution in [0.5, 0.6) is 0 Å². The van der Waals surface area contributed by atoms with Gasteiger partial charge in [0.15, 0.2) is 0 Å². The number of carbonyl (C=O) groups excluding carboxylic acids is 1. The van der Waals surface area contributed by atoms with Crippen LogP contribution in [0.25, 0.3) is 21.9 Å². The number of aromatic amines is 1. The Labute approximate surface area is 186 Å². The summed E-state index contributed by atoms with van der Waals surface area (Å²) in [6.45, 7) is 6.56. The van der Waals surface area contributed by atoms with E-state index in [9.17, 15) is 13.2 Å². The summed E-state index contributed by atoms with van der Waals surface area (Å²) in [5, 5.41) is 0.993. The first kappa shape index (κ1) is 22.0. The standard InChI is InChI=1S/C23H26N4O4S/c1-6-27-21-10-8-17(32(29,30)26(4)5)12-20(21)25-22(27)13-31-23(28)16-7-9-19-18(11-16)14(2)15(3)24-19/h7-12,24H,6,13H2,1-5H3. The number of H-pyrrole nitrogens is 1. The maximum atomic E-state index is 12.7. The van der Waals surface area contributed by atoms with E-state index in [1.165, 1.54) is 14.1 Å². The van der Waals surface area contributed by atoms with Gasteiger partial charge in [-0.2, -0.15) is 0 Å².